The molecule has 1 aliphatic carbocycles. The number of fused-ring (bicyclic) bond motifs is 8. The summed E-state index contributed by atoms with van der Waals surface area (Å²) >= 11 is 1.51. The van der Waals surface area contributed by atoms with Gasteiger partial charge < -0.3 is 19.8 Å². The number of aromatic nitrogens is 3. The predicted octanol–water partition coefficient (Wildman–Crippen LogP) is 4.90. The lowest BCUT2D eigenvalue weighted by molar-refractivity contribution is -0.155. The Morgan fingerprint density at radius 3 is 2.87 bits per heavy atom. The molecule has 10 nitrogen and oxygen atoms in total. The summed E-state index contributed by atoms with van der Waals surface area (Å²) in [5, 5.41) is 5.51. The highest BCUT2D eigenvalue weighted by Crippen LogP contribution is 2.45. The third-order valence-electron chi connectivity index (χ3n) is 9.77. The summed E-state index contributed by atoms with van der Waals surface area (Å²) in [4.78, 5) is 36.6. The van der Waals surface area contributed by atoms with Crippen LogP contribution in [0.2, 0.25) is 0 Å². The lowest BCUT2D eigenvalue weighted by atomic mass is 9.84. The number of methoxy groups -OCH3 is 1. The molecule has 1 saturated carbocycles. The van der Waals surface area contributed by atoms with E-state index >= 15 is 0 Å². The van der Waals surface area contributed by atoms with Crippen LogP contribution in [0.4, 0.5) is 0 Å². The van der Waals surface area contributed by atoms with Crippen LogP contribution < -0.4 is 11.2 Å². The molecular weight excluding hydrogens is 600 g/mol. The van der Waals surface area contributed by atoms with Gasteiger partial charge in [-0.15, -0.1) is 11.3 Å². The van der Waals surface area contributed by atoms with Gasteiger partial charge in [-0.2, -0.15) is 0 Å². The van der Waals surface area contributed by atoms with E-state index in [1.165, 1.54) is 16.9 Å². The Morgan fingerprint density at radius 2 is 2.09 bits per heavy atom. The number of aryl methyl sites for hydroxylation is 1. The van der Waals surface area contributed by atoms with Crippen LogP contribution in [0.25, 0.3) is 33.4 Å². The van der Waals surface area contributed by atoms with E-state index in [9.17, 15) is 9.59 Å². The third-order valence-corrected chi connectivity index (χ3v) is 10.6. The van der Waals surface area contributed by atoms with Crippen molar-refractivity contribution in [3.8, 4) is 22.5 Å². The number of rotatable bonds is 4. The molecule has 2 fully saturated rings. The maximum atomic E-state index is 13.6. The fourth-order valence-electron chi connectivity index (χ4n) is 7.17. The van der Waals surface area contributed by atoms with E-state index in [-0.39, 0.29) is 36.4 Å². The maximum Gasteiger partial charge on any atom is 0.325 e. The zero-order valence-electron chi connectivity index (χ0n) is 27.1. The first-order valence-corrected chi connectivity index (χ1v) is 17.0. The fraction of sp³-hybridized carbons (Fsp3) is 0.486. The van der Waals surface area contributed by atoms with Gasteiger partial charge in [0.05, 0.1) is 40.8 Å². The van der Waals surface area contributed by atoms with Crippen LogP contribution in [0, 0.1) is 17.3 Å². The van der Waals surface area contributed by atoms with Crippen molar-refractivity contribution in [1.82, 2.24) is 25.0 Å². The highest BCUT2D eigenvalue weighted by Gasteiger charge is 2.53. The number of ether oxygens (including phenoxy) is 2. The van der Waals surface area contributed by atoms with Crippen LogP contribution >= 0.6 is 11.3 Å². The van der Waals surface area contributed by atoms with E-state index in [1.54, 1.807) is 12.1 Å². The van der Waals surface area contributed by atoms with Gasteiger partial charge in [0.2, 0.25) is 0 Å². The van der Waals surface area contributed by atoms with Gasteiger partial charge in [0.15, 0.2) is 0 Å². The van der Waals surface area contributed by atoms with Gasteiger partial charge in [0.25, 0.3) is 5.91 Å². The summed E-state index contributed by atoms with van der Waals surface area (Å²) in [5.41, 5.74) is 16.4. The molecule has 2 aliphatic heterocycles. The Morgan fingerprint density at radius 1 is 1.26 bits per heavy atom. The molecule has 3 aromatic heterocycles. The van der Waals surface area contributed by atoms with Gasteiger partial charge in [-0.25, -0.2) is 10.4 Å². The molecule has 3 aliphatic rings. The molecule has 1 amide bonds. The Labute approximate surface area is 273 Å². The van der Waals surface area contributed by atoms with Crippen molar-refractivity contribution < 1.29 is 19.1 Å². The minimum atomic E-state index is -0.769. The second-order valence-electron chi connectivity index (χ2n) is 13.7. The number of esters is 1. The monoisotopic (exact) mass is 642 g/mol. The summed E-state index contributed by atoms with van der Waals surface area (Å²) in [7, 11) is 1.71. The van der Waals surface area contributed by atoms with Gasteiger partial charge in [-0.05, 0) is 68.4 Å². The maximum absolute atomic E-state index is 13.6. The molecule has 242 valence electrons. The molecule has 4 aromatic rings. The van der Waals surface area contributed by atoms with Crippen molar-refractivity contribution in [1.29, 1.82) is 0 Å². The zero-order valence-corrected chi connectivity index (χ0v) is 27.9. The minimum absolute atomic E-state index is 0.169. The number of thiazole rings is 1. The molecule has 5 heterocycles. The van der Waals surface area contributed by atoms with E-state index in [0.717, 1.165) is 57.1 Å². The van der Waals surface area contributed by atoms with Crippen molar-refractivity contribution >= 4 is 34.1 Å². The topological polar surface area (TPSA) is 125 Å². The van der Waals surface area contributed by atoms with Crippen molar-refractivity contribution in [2.75, 3.05) is 20.3 Å². The summed E-state index contributed by atoms with van der Waals surface area (Å²) < 4.78 is 14.2. The summed E-state index contributed by atoms with van der Waals surface area (Å²) in [6.07, 6.45) is 3.48. The van der Waals surface area contributed by atoms with E-state index in [2.05, 4.69) is 55.0 Å². The summed E-state index contributed by atoms with van der Waals surface area (Å²) in [6.45, 7) is 10.00. The Balaban J connectivity index is 1.38. The molecule has 0 spiro atoms. The van der Waals surface area contributed by atoms with Crippen LogP contribution in [-0.4, -0.2) is 63.8 Å². The number of nitrogens with one attached hydrogen (secondary N) is 1. The number of carbonyl (C=O) groups is 2. The Bertz CT molecular complexity index is 1810. The molecule has 3 N–H and O–H groups in total. The second kappa shape index (κ2) is 11.9. The number of hydrogen-bond donors (Lipinski definition) is 2. The van der Waals surface area contributed by atoms with Crippen LogP contribution in [-0.2, 0) is 38.4 Å². The van der Waals surface area contributed by atoms with Crippen LogP contribution in [0.5, 0.6) is 0 Å². The molecule has 11 heteroatoms. The third kappa shape index (κ3) is 5.53. The average Bonchev–Trinajstić information content (AvgIpc) is 3.60. The molecule has 2 unspecified atom stereocenters. The first-order chi connectivity index (χ1) is 22.1. The zero-order chi connectivity index (χ0) is 32.3. The summed E-state index contributed by atoms with van der Waals surface area (Å²) in [5.74, 6) is -0.0992. The number of cyclic esters (lactones) is 1. The quantitative estimate of drug-likeness (QED) is 0.301. The largest absolute Gasteiger partial charge is 0.464 e. The molecule has 46 heavy (non-hydrogen) atoms. The van der Waals surface area contributed by atoms with Crippen LogP contribution in [0.1, 0.15) is 56.5 Å². The highest BCUT2D eigenvalue weighted by atomic mass is 32.1. The number of benzene rings is 1. The minimum Gasteiger partial charge on any atom is -0.464 e. The smallest absolute Gasteiger partial charge is 0.325 e. The number of nitrogens with two attached hydrogens (primary N) is 1. The van der Waals surface area contributed by atoms with Crippen molar-refractivity contribution in [2.45, 2.75) is 71.7 Å². The summed E-state index contributed by atoms with van der Waals surface area (Å²) in [6, 6.07) is 9.27. The predicted molar refractivity (Wildman–Crippen MR) is 178 cm³/mol. The van der Waals surface area contributed by atoms with Crippen LogP contribution in [0.3, 0.4) is 0 Å². The van der Waals surface area contributed by atoms with Crippen LogP contribution in [0.15, 0.2) is 41.9 Å². The first kappa shape index (κ1) is 31.0. The van der Waals surface area contributed by atoms with E-state index < -0.39 is 17.5 Å². The number of hydrogen-bond acceptors (Lipinski definition) is 9. The Kier molecular flexibility index (Phi) is 7.99. The standard InChI is InChI=1S/C35H42N6O4S/c1-6-40-28-10-9-20-12-24(28)25(32(40)22-8-7-11-37-30(22)19(2)44-5)15-35(3,4)18-45-34(43)31-23-13-21(23)16-41(39-31)33(42)26(36)14-29-38-27(20)17-46-29/h7-12,17,19,21,23,26,31,39H,6,13-16,18,36H2,1-5H3/t19-,21?,23?,26-,31-/m0/s1. The molecule has 6 bridgehead atoms. The SMILES string of the molecule is CCn1c(-c2cccnc2[C@H](C)OC)c2c3cc(ccc31)-c1csc(n1)C[C@H](N)C(=O)N1CC3CC3[C@H](N1)C(=O)OCC(C)(C)C2. The van der Waals surface area contributed by atoms with Crippen molar-refractivity contribution in [2.24, 2.45) is 23.0 Å². The molecule has 1 saturated heterocycles. The number of nitrogens with zero attached hydrogens (tertiary/aromatic N) is 4. The van der Waals surface area contributed by atoms with Gasteiger partial charge in [0.1, 0.15) is 6.04 Å². The molecule has 7 rings (SSSR count). The van der Waals surface area contributed by atoms with Gasteiger partial charge in [-0.3, -0.25) is 19.6 Å². The van der Waals surface area contributed by atoms with E-state index in [0.29, 0.717) is 19.4 Å². The number of pyridine rings is 1. The molecular formula is C35H42N6O4S. The fourth-order valence-corrected chi connectivity index (χ4v) is 8.04. The Hall–Kier alpha value is -3.64. The highest BCUT2D eigenvalue weighted by molar-refractivity contribution is 7.10. The number of amides is 1. The second-order valence-corrected chi connectivity index (χ2v) is 14.7. The van der Waals surface area contributed by atoms with Gasteiger partial charge >= 0.3 is 5.97 Å². The lowest BCUT2D eigenvalue weighted by Gasteiger charge is -2.34. The first-order valence-electron chi connectivity index (χ1n) is 16.2. The molecule has 0 radical (unpaired) electrons. The molecule has 5 atom stereocenters. The van der Waals surface area contributed by atoms with E-state index in [1.807, 2.05) is 24.6 Å². The lowest BCUT2D eigenvalue weighted by Crippen LogP contribution is -2.60. The van der Waals surface area contributed by atoms with Gasteiger partial charge in [0, 0.05) is 65.6 Å². The van der Waals surface area contributed by atoms with Gasteiger partial charge in [-0.1, -0.05) is 19.9 Å². The average molecular weight is 643 g/mol. The number of hydrazine groups is 1. The molecule has 1 aromatic carbocycles. The number of carbonyl (C=O) groups excluding carboxylic acids is 2. The normalized spacial score (nSPS) is 25.1. The van der Waals surface area contributed by atoms with Crippen molar-refractivity contribution in [3.05, 3.63) is 58.2 Å². The van der Waals surface area contributed by atoms with Crippen molar-refractivity contribution in [3.63, 3.8) is 0 Å². The van der Waals surface area contributed by atoms with E-state index in [4.69, 9.17) is 25.2 Å².